The quantitative estimate of drug-likeness (QED) is 0.907. The molecule has 0 radical (unpaired) electrons. The zero-order chi connectivity index (χ0) is 13.2. The molecule has 1 fully saturated rings. The number of aryl methyl sites for hydroxylation is 2. The van der Waals surface area contributed by atoms with Crippen LogP contribution in [-0.4, -0.2) is 26.7 Å². The Balaban J connectivity index is 0.00000147. The highest BCUT2D eigenvalue weighted by Crippen LogP contribution is 2.25. The molecule has 1 unspecified atom stereocenters. The molecule has 0 bridgehead atoms. The molecule has 2 aromatic heterocycles. The first-order chi connectivity index (χ1) is 9.20. The monoisotopic (exact) mass is 312 g/mol. The van der Waals surface area contributed by atoms with Crippen molar-refractivity contribution < 1.29 is 0 Å². The smallest absolute Gasteiger partial charge is 0.211 e. The lowest BCUT2D eigenvalue weighted by atomic mass is 10.1. The molecule has 0 amide bonds. The van der Waals surface area contributed by atoms with Crippen LogP contribution in [0.15, 0.2) is 6.07 Å². The summed E-state index contributed by atoms with van der Waals surface area (Å²) >= 11 is 1.52. The van der Waals surface area contributed by atoms with Crippen molar-refractivity contribution in [1.29, 1.82) is 0 Å². The highest BCUT2D eigenvalue weighted by Gasteiger charge is 2.18. The van der Waals surface area contributed by atoms with Gasteiger partial charge in [0, 0.05) is 12.1 Å². The van der Waals surface area contributed by atoms with Crippen LogP contribution in [0.25, 0.3) is 0 Å². The zero-order valence-electron chi connectivity index (χ0n) is 11.4. The standard InChI is InChI=1S/C12H16N6S.ClH/c1-7-14-10(9-4-3-5-13-9)6-11(15-7)16-12-18-17-8(2)19-12;/h6,9,13H,3-5H2,1-2H3,(H,14,15,16,18);1H. The van der Waals surface area contributed by atoms with E-state index in [1.54, 1.807) is 0 Å². The Morgan fingerprint density at radius 3 is 2.80 bits per heavy atom. The first kappa shape index (κ1) is 15.1. The van der Waals surface area contributed by atoms with E-state index in [2.05, 4.69) is 30.8 Å². The molecule has 3 heterocycles. The topological polar surface area (TPSA) is 75.6 Å². The Bertz CT molecular complexity index is 581. The first-order valence-electron chi connectivity index (χ1n) is 6.37. The van der Waals surface area contributed by atoms with E-state index in [0.29, 0.717) is 6.04 Å². The van der Waals surface area contributed by atoms with Gasteiger partial charge in [0.2, 0.25) is 5.13 Å². The largest absolute Gasteiger partial charge is 0.315 e. The van der Waals surface area contributed by atoms with Crippen molar-refractivity contribution in [2.75, 3.05) is 11.9 Å². The SMILES string of the molecule is Cc1nc(Nc2nnc(C)s2)cc(C2CCCN2)n1.Cl. The Labute approximate surface area is 127 Å². The summed E-state index contributed by atoms with van der Waals surface area (Å²) in [6.07, 6.45) is 2.33. The number of anilines is 2. The van der Waals surface area contributed by atoms with Gasteiger partial charge in [-0.3, -0.25) is 0 Å². The Hall–Kier alpha value is -1.31. The molecule has 8 heteroatoms. The van der Waals surface area contributed by atoms with Crippen LogP contribution in [0.5, 0.6) is 0 Å². The van der Waals surface area contributed by atoms with Gasteiger partial charge in [-0.25, -0.2) is 9.97 Å². The van der Waals surface area contributed by atoms with E-state index in [-0.39, 0.29) is 12.4 Å². The molecule has 1 aliphatic heterocycles. The predicted octanol–water partition coefficient (Wildman–Crippen LogP) is 2.53. The van der Waals surface area contributed by atoms with Crippen LogP contribution in [0, 0.1) is 13.8 Å². The van der Waals surface area contributed by atoms with Gasteiger partial charge < -0.3 is 10.6 Å². The summed E-state index contributed by atoms with van der Waals surface area (Å²) in [5, 5.41) is 16.4. The van der Waals surface area contributed by atoms with Crippen molar-refractivity contribution in [1.82, 2.24) is 25.5 Å². The fourth-order valence-electron chi connectivity index (χ4n) is 2.23. The van der Waals surface area contributed by atoms with E-state index in [1.807, 2.05) is 19.9 Å². The molecule has 0 saturated carbocycles. The molecule has 0 spiro atoms. The van der Waals surface area contributed by atoms with E-state index in [9.17, 15) is 0 Å². The predicted molar refractivity (Wildman–Crippen MR) is 81.9 cm³/mol. The van der Waals surface area contributed by atoms with Crippen LogP contribution in [0.3, 0.4) is 0 Å². The maximum atomic E-state index is 4.52. The summed E-state index contributed by atoms with van der Waals surface area (Å²) in [6.45, 7) is 4.91. The van der Waals surface area contributed by atoms with Gasteiger partial charge in [0.1, 0.15) is 16.6 Å². The lowest BCUT2D eigenvalue weighted by molar-refractivity contribution is 0.623. The summed E-state index contributed by atoms with van der Waals surface area (Å²) in [7, 11) is 0. The van der Waals surface area contributed by atoms with E-state index < -0.39 is 0 Å². The lowest BCUT2D eigenvalue weighted by Crippen LogP contribution is -2.15. The first-order valence-corrected chi connectivity index (χ1v) is 7.18. The number of nitrogens with zero attached hydrogens (tertiary/aromatic N) is 4. The molecule has 20 heavy (non-hydrogen) atoms. The number of halogens is 1. The number of aromatic nitrogens is 4. The average Bonchev–Trinajstić information content (AvgIpc) is 3.00. The molecule has 1 atom stereocenters. The normalized spacial score (nSPS) is 17.8. The van der Waals surface area contributed by atoms with Gasteiger partial charge in [-0.1, -0.05) is 11.3 Å². The van der Waals surface area contributed by atoms with E-state index in [4.69, 9.17) is 0 Å². The highest BCUT2D eigenvalue weighted by atomic mass is 35.5. The summed E-state index contributed by atoms with van der Waals surface area (Å²) in [4.78, 5) is 8.92. The molecule has 0 aromatic carbocycles. The zero-order valence-corrected chi connectivity index (χ0v) is 13.0. The molecule has 2 N–H and O–H groups in total. The molecule has 0 aliphatic carbocycles. The van der Waals surface area contributed by atoms with Crippen LogP contribution in [0.4, 0.5) is 10.9 Å². The summed E-state index contributed by atoms with van der Waals surface area (Å²) in [5.41, 5.74) is 1.05. The minimum atomic E-state index is 0. The summed E-state index contributed by atoms with van der Waals surface area (Å²) in [6, 6.07) is 2.34. The van der Waals surface area contributed by atoms with Gasteiger partial charge >= 0.3 is 0 Å². The number of hydrogen-bond acceptors (Lipinski definition) is 7. The van der Waals surface area contributed by atoms with Gasteiger partial charge in [0.15, 0.2) is 0 Å². The van der Waals surface area contributed by atoms with Gasteiger partial charge in [0.25, 0.3) is 0 Å². The fraction of sp³-hybridized carbons (Fsp3) is 0.500. The molecule has 108 valence electrons. The molecular formula is C12H17ClN6S. The molecule has 2 aromatic rings. The van der Waals surface area contributed by atoms with Gasteiger partial charge in [0.05, 0.1) is 5.69 Å². The van der Waals surface area contributed by atoms with Gasteiger partial charge in [-0.05, 0) is 33.2 Å². The average molecular weight is 313 g/mol. The van der Waals surface area contributed by atoms with Gasteiger partial charge in [-0.15, -0.1) is 22.6 Å². The third kappa shape index (κ3) is 3.41. The van der Waals surface area contributed by atoms with Crippen molar-refractivity contribution in [2.24, 2.45) is 0 Å². The van der Waals surface area contributed by atoms with Crippen LogP contribution < -0.4 is 10.6 Å². The lowest BCUT2D eigenvalue weighted by Gasteiger charge is -2.11. The Kier molecular flexibility index (Phi) is 4.85. The number of nitrogens with one attached hydrogen (secondary N) is 2. The third-order valence-electron chi connectivity index (χ3n) is 3.04. The molecule has 3 rings (SSSR count). The number of hydrogen-bond donors (Lipinski definition) is 2. The summed E-state index contributed by atoms with van der Waals surface area (Å²) in [5.74, 6) is 1.56. The van der Waals surface area contributed by atoms with Crippen molar-refractivity contribution in [3.63, 3.8) is 0 Å². The fourth-order valence-corrected chi connectivity index (χ4v) is 2.83. The summed E-state index contributed by atoms with van der Waals surface area (Å²) < 4.78 is 0. The van der Waals surface area contributed by atoms with E-state index in [1.165, 1.54) is 17.8 Å². The minimum Gasteiger partial charge on any atom is -0.315 e. The maximum absolute atomic E-state index is 4.52. The van der Waals surface area contributed by atoms with Crippen molar-refractivity contribution in [2.45, 2.75) is 32.7 Å². The Morgan fingerprint density at radius 2 is 2.15 bits per heavy atom. The molecule has 1 aliphatic rings. The second-order valence-corrected chi connectivity index (χ2v) is 5.81. The van der Waals surface area contributed by atoms with Crippen molar-refractivity contribution >= 4 is 34.7 Å². The van der Waals surface area contributed by atoms with E-state index in [0.717, 1.165) is 40.4 Å². The van der Waals surface area contributed by atoms with Crippen molar-refractivity contribution in [3.05, 3.63) is 22.6 Å². The molecular weight excluding hydrogens is 296 g/mol. The van der Waals surface area contributed by atoms with Crippen LogP contribution in [0.2, 0.25) is 0 Å². The number of rotatable bonds is 3. The van der Waals surface area contributed by atoms with Crippen molar-refractivity contribution in [3.8, 4) is 0 Å². The van der Waals surface area contributed by atoms with Crippen LogP contribution in [-0.2, 0) is 0 Å². The molecule has 6 nitrogen and oxygen atoms in total. The highest BCUT2D eigenvalue weighted by molar-refractivity contribution is 7.15. The van der Waals surface area contributed by atoms with Crippen LogP contribution in [0.1, 0.15) is 35.4 Å². The minimum absolute atomic E-state index is 0. The second-order valence-electron chi connectivity index (χ2n) is 4.63. The van der Waals surface area contributed by atoms with E-state index >= 15 is 0 Å². The Morgan fingerprint density at radius 1 is 1.30 bits per heavy atom. The molecule has 1 saturated heterocycles. The van der Waals surface area contributed by atoms with Gasteiger partial charge in [-0.2, -0.15) is 0 Å². The maximum Gasteiger partial charge on any atom is 0.211 e. The second kappa shape index (κ2) is 6.43. The van der Waals surface area contributed by atoms with Crippen LogP contribution >= 0.6 is 23.7 Å². The third-order valence-corrected chi connectivity index (χ3v) is 3.79.